The van der Waals surface area contributed by atoms with Crippen LogP contribution < -0.4 is 16.6 Å². The van der Waals surface area contributed by atoms with Gasteiger partial charge in [0.2, 0.25) is 0 Å². The van der Waals surface area contributed by atoms with Crippen molar-refractivity contribution in [1.82, 2.24) is 14.9 Å². The Morgan fingerprint density at radius 2 is 2.00 bits per heavy atom. The van der Waals surface area contributed by atoms with E-state index in [4.69, 9.17) is 0 Å². The van der Waals surface area contributed by atoms with Crippen LogP contribution in [0.5, 0.6) is 0 Å². The number of aromatic amines is 1. The Morgan fingerprint density at radius 3 is 2.62 bits per heavy atom. The zero-order valence-electron chi connectivity index (χ0n) is 11.3. The van der Waals surface area contributed by atoms with Crippen molar-refractivity contribution in [3.63, 3.8) is 0 Å². The summed E-state index contributed by atoms with van der Waals surface area (Å²) in [5.41, 5.74) is -2.15. The molecule has 8 heteroatoms. The van der Waals surface area contributed by atoms with Gasteiger partial charge in [0.25, 0.3) is 5.56 Å². The number of rotatable bonds is 4. The number of aromatic nitrogens is 2. The van der Waals surface area contributed by atoms with Crippen LogP contribution in [-0.2, 0) is 12.7 Å². The highest BCUT2D eigenvalue weighted by Gasteiger charge is 2.30. The smallest absolute Gasteiger partial charge is 0.320 e. The molecule has 0 aliphatic carbocycles. The molecule has 0 aliphatic rings. The van der Waals surface area contributed by atoms with Crippen LogP contribution in [0.25, 0.3) is 10.9 Å². The molecule has 0 bridgehead atoms. The molecule has 1 aromatic carbocycles. The Hall–Kier alpha value is -2.09. The second-order valence-corrected chi connectivity index (χ2v) is 4.60. The van der Waals surface area contributed by atoms with Crippen molar-refractivity contribution in [1.29, 1.82) is 0 Å². The summed E-state index contributed by atoms with van der Waals surface area (Å²) in [4.78, 5) is 26.4. The van der Waals surface area contributed by atoms with Gasteiger partial charge >= 0.3 is 11.9 Å². The zero-order valence-corrected chi connectivity index (χ0v) is 11.3. The predicted octanol–water partition coefficient (Wildman–Crippen LogP) is 1.32. The van der Waals surface area contributed by atoms with E-state index in [1.54, 1.807) is 7.05 Å². The van der Waals surface area contributed by atoms with Crippen molar-refractivity contribution in [2.45, 2.75) is 19.1 Å². The molecule has 0 unspecified atom stereocenters. The molecule has 1 heterocycles. The molecule has 0 saturated heterocycles. The largest absolute Gasteiger partial charge is 0.416 e. The number of halogens is 3. The highest BCUT2D eigenvalue weighted by atomic mass is 19.4. The van der Waals surface area contributed by atoms with Gasteiger partial charge in [-0.1, -0.05) is 0 Å². The number of fused-ring (bicyclic) bond motifs is 1. The summed E-state index contributed by atoms with van der Waals surface area (Å²) >= 11 is 0. The van der Waals surface area contributed by atoms with E-state index in [0.29, 0.717) is 13.0 Å². The fourth-order valence-corrected chi connectivity index (χ4v) is 2.04. The van der Waals surface area contributed by atoms with E-state index in [0.717, 1.165) is 22.8 Å². The van der Waals surface area contributed by atoms with Gasteiger partial charge in [-0.3, -0.25) is 9.36 Å². The first-order valence-electron chi connectivity index (χ1n) is 6.33. The Bertz CT molecular complexity index is 762. The number of nitrogens with zero attached hydrogens (tertiary/aromatic N) is 1. The van der Waals surface area contributed by atoms with Gasteiger partial charge in [-0.2, -0.15) is 13.2 Å². The van der Waals surface area contributed by atoms with Crippen molar-refractivity contribution < 1.29 is 13.2 Å². The quantitative estimate of drug-likeness (QED) is 0.837. The van der Waals surface area contributed by atoms with E-state index >= 15 is 0 Å². The lowest BCUT2D eigenvalue weighted by Gasteiger charge is -2.09. The third-order valence-electron chi connectivity index (χ3n) is 3.12. The average molecular weight is 301 g/mol. The van der Waals surface area contributed by atoms with Crippen LogP contribution in [0, 0.1) is 0 Å². The molecular formula is C13H14F3N3O2. The summed E-state index contributed by atoms with van der Waals surface area (Å²) in [5, 5.41) is 2.72. The first-order valence-corrected chi connectivity index (χ1v) is 6.33. The molecule has 114 valence electrons. The highest BCUT2D eigenvalue weighted by molar-refractivity contribution is 5.78. The van der Waals surface area contributed by atoms with Crippen molar-refractivity contribution >= 4 is 10.9 Å². The lowest BCUT2D eigenvalue weighted by Crippen LogP contribution is -2.35. The Morgan fingerprint density at radius 1 is 1.29 bits per heavy atom. The van der Waals surface area contributed by atoms with Crippen LogP contribution in [0.1, 0.15) is 12.0 Å². The lowest BCUT2D eigenvalue weighted by molar-refractivity contribution is -0.137. The summed E-state index contributed by atoms with van der Waals surface area (Å²) in [5.74, 6) is 0. The summed E-state index contributed by atoms with van der Waals surface area (Å²) in [7, 11) is 1.73. The Kier molecular flexibility index (Phi) is 4.17. The maximum absolute atomic E-state index is 12.7. The summed E-state index contributed by atoms with van der Waals surface area (Å²) in [6.07, 6.45) is -4.02. The molecule has 21 heavy (non-hydrogen) atoms. The van der Waals surface area contributed by atoms with E-state index < -0.39 is 23.0 Å². The number of nitrogens with one attached hydrogen (secondary N) is 2. The van der Waals surface area contributed by atoms with Gasteiger partial charge in [0.1, 0.15) is 0 Å². The lowest BCUT2D eigenvalue weighted by atomic mass is 10.1. The van der Waals surface area contributed by atoms with Gasteiger partial charge in [0, 0.05) is 6.54 Å². The van der Waals surface area contributed by atoms with E-state index in [9.17, 15) is 22.8 Å². The SMILES string of the molecule is CNCCCn1c(=O)[nH]c2ccc(C(F)(F)F)cc2c1=O. The monoisotopic (exact) mass is 301 g/mol. The predicted molar refractivity (Wildman–Crippen MR) is 72.4 cm³/mol. The van der Waals surface area contributed by atoms with Crippen LogP contribution in [0.3, 0.4) is 0 Å². The van der Waals surface area contributed by atoms with Crippen molar-refractivity contribution in [3.05, 3.63) is 44.6 Å². The van der Waals surface area contributed by atoms with Crippen LogP contribution in [0.2, 0.25) is 0 Å². The van der Waals surface area contributed by atoms with Gasteiger partial charge in [-0.15, -0.1) is 0 Å². The number of hydrogen-bond donors (Lipinski definition) is 2. The van der Waals surface area contributed by atoms with Crippen LogP contribution in [0.15, 0.2) is 27.8 Å². The minimum atomic E-state index is -4.53. The van der Waals surface area contributed by atoms with Crippen LogP contribution in [-0.4, -0.2) is 23.1 Å². The van der Waals surface area contributed by atoms with E-state index in [1.165, 1.54) is 0 Å². The standard InChI is InChI=1S/C13H14F3N3O2/c1-17-5-2-6-19-11(20)9-7-8(13(14,15)16)3-4-10(9)18-12(19)21/h3-4,7,17H,2,5-6H2,1H3,(H,18,21). The maximum Gasteiger partial charge on any atom is 0.416 e. The number of H-pyrrole nitrogens is 1. The number of alkyl halides is 3. The average Bonchev–Trinajstić information content (AvgIpc) is 2.41. The second kappa shape index (κ2) is 5.72. The summed E-state index contributed by atoms with van der Waals surface area (Å²) < 4.78 is 39.0. The molecule has 1 aromatic heterocycles. The number of benzene rings is 1. The minimum absolute atomic E-state index is 0.0999. The molecule has 2 rings (SSSR count). The molecule has 0 radical (unpaired) electrons. The number of hydrogen-bond acceptors (Lipinski definition) is 3. The Balaban J connectivity index is 2.57. The topological polar surface area (TPSA) is 66.9 Å². The first kappa shape index (κ1) is 15.3. The van der Waals surface area contributed by atoms with Gasteiger partial charge in [0.15, 0.2) is 0 Å². The summed E-state index contributed by atoms with van der Waals surface area (Å²) in [6, 6.07) is 2.70. The van der Waals surface area contributed by atoms with Gasteiger partial charge in [0.05, 0.1) is 16.5 Å². The molecule has 2 N–H and O–H groups in total. The summed E-state index contributed by atoms with van der Waals surface area (Å²) in [6.45, 7) is 0.730. The third-order valence-corrected chi connectivity index (χ3v) is 3.12. The molecule has 2 aromatic rings. The zero-order chi connectivity index (χ0) is 15.6. The van der Waals surface area contributed by atoms with E-state index in [1.807, 2.05) is 0 Å². The van der Waals surface area contributed by atoms with Crippen molar-refractivity contribution in [3.8, 4) is 0 Å². The highest BCUT2D eigenvalue weighted by Crippen LogP contribution is 2.30. The van der Waals surface area contributed by atoms with E-state index in [-0.39, 0.29) is 17.4 Å². The van der Waals surface area contributed by atoms with Crippen LogP contribution in [0.4, 0.5) is 13.2 Å². The van der Waals surface area contributed by atoms with Gasteiger partial charge < -0.3 is 10.3 Å². The maximum atomic E-state index is 12.7. The fraction of sp³-hybridized carbons (Fsp3) is 0.385. The molecule has 0 amide bonds. The minimum Gasteiger partial charge on any atom is -0.320 e. The second-order valence-electron chi connectivity index (χ2n) is 4.60. The molecule has 0 fully saturated rings. The molecular weight excluding hydrogens is 287 g/mol. The van der Waals surface area contributed by atoms with E-state index in [2.05, 4.69) is 10.3 Å². The van der Waals surface area contributed by atoms with Crippen molar-refractivity contribution in [2.24, 2.45) is 0 Å². The fourth-order valence-electron chi connectivity index (χ4n) is 2.04. The normalized spacial score (nSPS) is 12.0. The third kappa shape index (κ3) is 3.15. The van der Waals surface area contributed by atoms with Gasteiger partial charge in [-0.25, -0.2) is 4.79 Å². The molecule has 0 spiro atoms. The van der Waals surface area contributed by atoms with Gasteiger partial charge in [-0.05, 0) is 38.2 Å². The Labute approximate surface area is 117 Å². The van der Waals surface area contributed by atoms with Crippen LogP contribution >= 0.6 is 0 Å². The first-order chi connectivity index (χ1) is 9.84. The molecule has 0 atom stereocenters. The molecule has 5 nitrogen and oxygen atoms in total. The molecule has 0 aliphatic heterocycles. The van der Waals surface area contributed by atoms with Crippen molar-refractivity contribution in [2.75, 3.05) is 13.6 Å². The molecule has 0 saturated carbocycles.